The molecule has 7 nitrogen and oxygen atoms in total. The van der Waals surface area contributed by atoms with Gasteiger partial charge in [0.25, 0.3) is 0 Å². The molecule has 3 aromatic heterocycles. The van der Waals surface area contributed by atoms with Crippen molar-refractivity contribution >= 4 is 16.9 Å². The molecule has 1 N–H and O–H groups in total. The van der Waals surface area contributed by atoms with E-state index < -0.39 is 0 Å². The van der Waals surface area contributed by atoms with Gasteiger partial charge >= 0.3 is 0 Å². The number of nitrogens with one attached hydrogen (secondary N) is 1. The zero-order chi connectivity index (χ0) is 17.2. The summed E-state index contributed by atoms with van der Waals surface area (Å²) in [7, 11) is 1.89. The van der Waals surface area contributed by atoms with Gasteiger partial charge in [-0.1, -0.05) is 30.3 Å². The molecule has 0 aliphatic heterocycles. The normalized spacial score (nSPS) is 12.4. The lowest BCUT2D eigenvalue weighted by molar-refractivity contribution is 0.550. The van der Waals surface area contributed by atoms with E-state index in [1.807, 2.05) is 49.1 Å². The van der Waals surface area contributed by atoms with Crippen molar-refractivity contribution in [1.29, 1.82) is 0 Å². The summed E-state index contributed by atoms with van der Waals surface area (Å²) < 4.78 is 3.68. The minimum absolute atomic E-state index is 0.0267. The van der Waals surface area contributed by atoms with Crippen LogP contribution in [0.4, 0.5) is 5.82 Å². The van der Waals surface area contributed by atoms with Gasteiger partial charge in [-0.15, -0.1) is 0 Å². The predicted molar refractivity (Wildman–Crippen MR) is 96.1 cm³/mol. The fraction of sp³-hybridized carbons (Fsp3) is 0.222. The fourth-order valence-corrected chi connectivity index (χ4v) is 2.92. The molecule has 3 heterocycles. The van der Waals surface area contributed by atoms with Gasteiger partial charge in [0.05, 0.1) is 24.2 Å². The second kappa shape index (κ2) is 6.35. The van der Waals surface area contributed by atoms with Crippen molar-refractivity contribution < 1.29 is 0 Å². The van der Waals surface area contributed by atoms with Crippen LogP contribution in [0.15, 0.2) is 55.0 Å². The zero-order valence-electron chi connectivity index (χ0n) is 14.2. The maximum absolute atomic E-state index is 4.60. The van der Waals surface area contributed by atoms with Crippen LogP contribution >= 0.6 is 0 Å². The highest BCUT2D eigenvalue weighted by atomic mass is 15.3. The summed E-state index contributed by atoms with van der Waals surface area (Å²) in [6.07, 6.45) is 5.55. The van der Waals surface area contributed by atoms with Crippen LogP contribution in [-0.2, 0) is 13.6 Å². The van der Waals surface area contributed by atoms with Gasteiger partial charge in [0.2, 0.25) is 0 Å². The van der Waals surface area contributed by atoms with Gasteiger partial charge in [-0.3, -0.25) is 9.36 Å². The van der Waals surface area contributed by atoms with Crippen molar-refractivity contribution in [3.05, 3.63) is 66.4 Å². The number of anilines is 1. The van der Waals surface area contributed by atoms with Crippen LogP contribution in [-0.4, -0.2) is 29.5 Å². The molecule has 25 heavy (non-hydrogen) atoms. The number of nitrogens with zero attached hydrogens (tertiary/aromatic N) is 6. The Bertz CT molecular complexity index is 974. The first-order valence-electron chi connectivity index (χ1n) is 8.16. The predicted octanol–water partition coefficient (Wildman–Crippen LogP) is 2.72. The summed E-state index contributed by atoms with van der Waals surface area (Å²) in [4.78, 5) is 9.09. The first-order chi connectivity index (χ1) is 12.2. The van der Waals surface area contributed by atoms with E-state index in [1.165, 1.54) is 5.56 Å². The summed E-state index contributed by atoms with van der Waals surface area (Å²) in [5, 5.41) is 13.1. The third-order valence-electron chi connectivity index (χ3n) is 4.15. The number of hydrogen-bond acceptors (Lipinski definition) is 5. The quantitative estimate of drug-likeness (QED) is 0.608. The second-order valence-electron chi connectivity index (χ2n) is 5.96. The van der Waals surface area contributed by atoms with E-state index in [4.69, 9.17) is 0 Å². The van der Waals surface area contributed by atoms with Gasteiger partial charge in [-0.05, 0) is 18.6 Å². The van der Waals surface area contributed by atoms with Crippen molar-refractivity contribution in [3.8, 4) is 0 Å². The highest BCUT2D eigenvalue weighted by Gasteiger charge is 2.17. The molecule has 0 fully saturated rings. The van der Waals surface area contributed by atoms with Gasteiger partial charge in [-0.25, -0.2) is 9.97 Å². The molecule has 0 spiro atoms. The minimum atomic E-state index is 0.0267. The second-order valence-corrected chi connectivity index (χ2v) is 5.96. The van der Waals surface area contributed by atoms with E-state index >= 15 is 0 Å². The van der Waals surface area contributed by atoms with Gasteiger partial charge in [0.1, 0.15) is 11.6 Å². The standard InChI is InChI=1S/C18H19N7/c1-13-21-17(15-11-20-24(2)18(15)22-13)23-16(12-25-10-6-9-19-25)14-7-4-3-5-8-14/h3-11,16H,12H2,1-2H3,(H,21,22,23)/t16-/m1/s1. The Hall–Kier alpha value is -3.22. The molecule has 1 atom stereocenters. The molecular weight excluding hydrogens is 314 g/mol. The zero-order valence-corrected chi connectivity index (χ0v) is 14.2. The summed E-state index contributed by atoms with van der Waals surface area (Å²) >= 11 is 0. The molecular formula is C18H19N7. The molecule has 0 saturated carbocycles. The van der Waals surface area contributed by atoms with Crippen LogP contribution in [0.25, 0.3) is 11.0 Å². The molecule has 0 radical (unpaired) electrons. The number of aromatic nitrogens is 6. The molecule has 0 bridgehead atoms. The fourth-order valence-electron chi connectivity index (χ4n) is 2.92. The molecule has 126 valence electrons. The van der Waals surface area contributed by atoms with Crippen molar-refractivity contribution in [2.24, 2.45) is 7.05 Å². The van der Waals surface area contributed by atoms with E-state index in [0.29, 0.717) is 12.4 Å². The van der Waals surface area contributed by atoms with Crippen LogP contribution in [0.5, 0.6) is 0 Å². The van der Waals surface area contributed by atoms with Gasteiger partial charge in [0, 0.05) is 19.4 Å². The smallest absolute Gasteiger partial charge is 0.163 e. The topological polar surface area (TPSA) is 73.5 Å². The van der Waals surface area contributed by atoms with Crippen LogP contribution in [0.2, 0.25) is 0 Å². The van der Waals surface area contributed by atoms with Crippen LogP contribution in [0, 0.1) is 6.92 Å². The molecule has 4 rings (SSSR count). The molecule has 0 unspecified atom stereocenters. The lowest BCUT2D eigenvalue weighted by Gasteiger charge is -2.20. The van der Waals surface area contributed by atoms with Gasteiger partial charge < -0.3 is 5.32 Å². The van der Waals surface area contributed by atoms with Gasteiger partial charge in [-0.2, -0.15) is 10.2 Å². The SMILES string of the molecule is Cc1nc(N[C@H](Cn2cccn2)c2ccccc2)c2cnn(C)c2n1. The molecule has 1 aromatic carbocycles. The van der Waals surface area contributed by atoms with E-state index in [0.717, 1.165) is 16.9 Å². The molecule has 0 aliphatic rings. The average Bonchev–Trinajstić information content (AvgIpc) is 3.26. The number of hydrogen-bond donors (Lipinski definition) is 1. The number of benzene rings is 1. The largest absolute Gasteiger partial charge is 0.361 e. The van der Waals surface area contributed by atoms with Crippen LogP contribution < -0.4 is 5.32 Å². The van der Waals surface area contributed by atoms with Crippen LogP contribution in [0.3, 0.4) is 0 Å². The van der Waals surface area contributed by atoms with E-state index in [9.17, 15) is 0 Å². The Balaban J connectivity index is 1.74. The van der Waals surface area contributed by atoms with Crippen molar-refractivity contribution in [2.45, 2.75) is 19.5 Å². The van der Waals surface area contributed by atoms with Gasteiger partial charge in [0.15, 0.2) is 5.65 Å². The van der Waals surface area contributed by atoms with Crippen molar-refractivity contribution in [2.75, 3.05) is 5.32 Å². The maximum Gasteiger partial charge on any atom is 0.163 e. The van der Waals surface area contributed by atoms with Crippen LogP contribution in [0.1, 0.15) is 17.4 Å². The highest BCUT2D eigenvalue weighted by molar-refractivity contribution is 5.86. The Morgan fingerprint density at radius 2 is 1.92 bits per heavy atom. The number of rotatable bonds is 5. The Labute approximate surface area is 145 Å². The van der Waals surface area contributed by atoms with Crippen molar-refractivity contribution in [3.63, 3.8) is 0 Å². The lowest BCUT2D eigenvalue weighted by atomic mass is 10.1. The molecule has 4 aromatic rings. The summed E-state index contributed by atoms with van der Waals surface area (Å²) in [5.41, 5.74) is 1.99. The van der Waals surface area contributed by atoms with E-state index in [1.54, 1.807) is 17.1 Å². The maximum atomic E-state index is 4.60. The third-order valence-corrected chi connectivity index (χ3v) is 4.15. The van der Waals surface area contributed by atoms with E-state index in [-0.39, 0.29) is 6.04 Å². The average molecular weight is 333 g/mol. The minimum Gasteiger partial charge on any atom is -0.361 e. The monoisotopic (exact) mass is 333 g/mol. The molecule has 0 amide bonds. The number of aryl methyl sites for hydroxylation is 2. The number of fused-ring (bicyclic) bond motifs is 1. The Morgan fingerprint density at radius 3 is 2.68 bits per heavy atom. The third kappa shape index (κ3) is 3.08. The first kappa shape index (κ1) is 15.3. The van der Waals surface area contributed by atoms with E-state index in [2.05, 4.69) is 37.6 Å². The van der Waals surface area contributed by atoms with Crippen molar-refractivity contribution in [1.82, 2.24) is 29.5 Å². The Morgan fingerprint density at radius 1 is 1.08 bits per heavy atom. The summed E-state index contributed by atoms with van der Waals surface area (Å²) in [6, 6.07) is 12.3. The first-order valence-corrected chi connectivity index (χ1v) is 8.16. The summed E-state index contributed by atoms with van der Waals surface area (Å²) in [6.45, 7) is 2.59. The summed E-state index contributed by atoms with van der Waals surface area (Å²) in [5.74, 6) is 1.50. The molecule has 0 aliphatic carbocycles. The highest BCUT2D eigenvalue weighted by Crippen LogP contribution is 2.25. The lowest BCUT2D eigenvalue weighted by Crippen LogP contribution is -2.19. The molecule has 7 heteroatoms. The Kier molecular flexibility index (Phi) is 3.89. The molecule has 0 saturated heterocycles.